The molecule has 3 rings (SSSR count). The van der Waals surface area contributed by atoms with Crippen LogP contribution in [-0.2, 0) is 12.8 Å². The minimum Gasteiger partial charge on any atom is -0.459 e. The molecule has 0 spiro atoms. The molecule has 1 atom stereocenters. The van der Waals surface area contributed by atoms with Gasteiger partial charge in [0, 0.05) is 16.9 Å². The lowest BCUT2D eigenvalue weighted by Gasteiger charge is -2.16. The average molecular weight is 324 g/mol. The summed E-state index contributed by atoms with van der Waals surface area (Å²) in [5.74, 6) is 3.20. The first kappa shape index (κ1) is 16.2. The second-order valence-corrected chi connectivity index (χ2v) is 7.20. The van der Waals surface area contributed by atoms with E-state index in [1.807, 2.05) is 23.9 Å². The molecule has 23 heavy (non-hydrogen) atoms. The summed E-state index contributed by atoms with van der Waals surface area (Å²) < 4.78 is 6.46. The maximum absolute atomic E-state index is 6.46. The van der Waals surface area contributed by atoms with E-state index in [0.717, 1.165) is 30.8 Å². The van der Waals surface area contributed by atoms with Crippen molar-refractivity contribution in [1.82, 2.24) is 0 Å². The van der Waals surface area contributed by atoms with Crippen LogP contribution in [0.2, 0.25) is 0 Å². The zero-order valence-corrected chi connectivity index (χ0v) is 14.4. The zero-order chi connectivity index (χ0) is 16.1. The molecule has 0 saturated carbocycles. The number of furan rings is 1. The van der Waals surface area contributed by atoms with E-state index in [9.17, 15) is 0 Å². The van der Waals surface area contributed by atoms with Crippen molar-refractivity contribution < 1.29 is 4.42 Å². The molecule has 1 nitrogen and oxygen atoms in total. The quantitative estimate of drug-likeness (QED) is 0.550. The Kier molecular flexibility index (Phi) is 5.45. The van der Waals surface area contributed by atoms with Crippen molar-refractivity contribution in [3.05, 3.63) is 72.5 Å². The van der Waals surface area contributed by atoms with Gasteiger partial charge in [-0.2, -0.15) is 0 Å². The first-order valence-electron chi connectivity index (χ1n) is 8.38. The highest BCUT2D eigenvalue weighted by Crippen LogP contribution is 2.43. The van der Waals surface area contributed by atoms with Crippen molar-refractivity contribution in [2.45, 2.75) is 37.4 Å². The summed E-state index contributed by atoms with van der Waals surface area (Å²) in [5, 5.41) is 0.342. The fourth-order valence-electron chi connectivity index (χ4n) is 3.33. The van der Waals surface area contributed by atoms with Crippen LogP contribution >= 0.6 is 11.8 Å². The van der Waals surface area contributed by atoms with Crippen LogP contribution < -0.4 is 0 Å². The number of hydrogen-bond donors (Lipinski definition) is 0. The lowest BCUT2D eigenvalue weighted by molar-refractivity contribution is 0.513. The summed E-state index contributed by atoms with van der Waals surface area (Å²) in [6.45, 7) is 7.78. The van der Waals surface area contributed by atoms with E-state index in [1.165, 1.54) is 35.3 Å². The van der Waals surface area contributed by atoms with Crippen molar-refractivity contribution in [3.63, 3.8) is 0 Å². The van der Waals surface area contributed by atoms with Gasteiger partial charge in [0.25, 0.3) is 0 Å². The van der Waals surface area contributed by atoms with Gasteiger partial charge in [0.1, 0.15) is 11.5 Å². The predicted octanol–water partition coefficient (Wildman–Crippen LogP) is 6.36. The van der Waals surface area contributed by atoms with E-state index in [2.05, 4.69) is 43.5 Å². The number of fused-ring (bicyclic) bond motifs is 1. The molecule has 0 saturated heterocycles. The van der Waals surface area contributed by atoms with Gasteiger partial charge in [-0.25, -0.2) is 0 Å². The molecule has 0 fully saturated rings. The van der Waals surface area contributed by atoms with Gasteiger partial charge in [-0.3, -0.25) is 0 Å². The van der Waals surface area contributed by atoms with Gasteiger partial charge in [0.05, 0.1) is 5.25 Å². The number of thioether (sulfide) groups is 1. The van der Waals surface area contributed by atoms with Gasteiger partial charge < -0.3 is 4.42 Å². The number of benzene rings is 1. The predicted molar refractivity (Wildman–Crippen MR) is 101 cm³/mol. The summed E-state index contributed by atoms with van der Waals surface area (Å²) in [6, 6.07) is 10.5. The van der Waals surface area contributed by atoms with Gasteiger partial charge >= 0.3 is 0 Å². The molecule has 0 aliphatic heterocycles. The molecule has 2 aromatic rings. The minimum atomic E-state index is 0.342. The highest BCUT2D eigenvalue weighted by molar-refractivity contribution is 7.99. The topological polar surface area (TPSA) is 13.1 Å². The second-order valence-electron chi connectivity index (χ2n) is 5.96. The van der Waals surface area contributed by atoms with Crippen LogP contribution in [0.1, 0.15) is 41.4 Å². The molecule has 1 aromatic carbocycles. The Hall–Kier alpha value is -1.67. The summed E-state index contributed by atoms with van der Waals surface area (Å²) in [4.78, 5) is 0. The molecule has 1 aromatic heterocycles. The third kappa shape index (κ3) is 3.48. The Balaban J connectivity index is 2.04. The fraction of sp³-hybridized carbons (Fsp3) is 0.333. The molecule has 0 amide bonds. The summed E-state index contributed by atoms with van der Waals surface area (Å²) in [5.41, 5.74) is 4.09. The summed E-state index contributed by atoms with van der Waals surface area (Å²) in [7, 11) is 0. The van der Waals surface area contributed by atoms with E-state index in [4.69, 9.17) is 4.42 Å². The normalized spacial score (nSPS) is 15.0. The van der Waals surface area contributed by atoms with E-state index in [1.54, 1.807) is 0 Å². The van der Waals surface area contributed by atoms with Crippen molar-refractivity contribution >= 4 is 11.8 Å². The Morgan fingerprint density at radius 3 is 2.48 bits per heavy atom. The molecule has 1 heterocycles. The molecular formula is C21H24OS. The van der Waals surface area contributed by atoms with Crippen LogP contribution in [0, 0.1) is 0 Å². The average Bonchev–Trinajstić information content (AvgIpc) is 2.99. The highest BCUT2D eigenvalue weighted by atomic mass is 32.2. The van der Waals surface area contributed by atoms with Gasteiger partial charge in [-0.15, -0.1) is 24.9 Å². The van der Waals surface area contributed by atoms with Crippen molar-refractivity contribution in [1.29, 1.82) is 0 Å². The van der Waals surface area contributed by atoms with Crippen LogP contribution in [0.25, 0.3) is 11.3 Å². The molecule has 0 bridgehead atoms. The maximum Gasteiger partial charge on any atom is 0.137 e. The molecule has 1 aliphatic carbocycles. The van der Waals surface area contributed by atoms with Crippen molar-refractivity contribution in [2.24, 2.45) is 0 Å². The first-order valence-corrected chi connectivity index (χ1v) is 9.43. The van der Waals surface area contributed by atoms with Crippen LogP contribution in [0.3, 0.4) is 0 Å². The second kappa shape index (κ2) is 7.74. The molecule has 0 N–H and O–H groups in total. The van der Waals surface area contributed by atoms with Gasteiger partial charge in [0.2, 0.25) is 0 Å². The van der Waals surface area contributed by atoms with Crippen molar-refractivity contribution in [3.8, 4) is 11.3 Å². The number of rotatable bonds is 7. The van der Waals surface area contributed by atoms with Gasteiger partial charge in [-0.05, 0) is 37.7 Å². The molecular weight excluding hydrogens is 300 g/mol. The molecule has 1 aliphatic rings. The summed E-state index contributed by atoms with van der Waals surface area (Å²) in [6.07, 6.45) is 9.71. The van der Waals surface area contributed by atoms with Gasteiger partial charge in [-0.1, -0.05) is 42.5 Å². The highest BCUT2D eigenvalue weighted by Gasteiger charge is 2.27. The third-order valence-corrected chi connectivity index (χ3v) is 5.61. The van der Waals surface area contributed by atoms with Crippen molar-refractivity contribution in [2.75, 3.05) is 5.75 Å². The van der Waals surface area contributed by atoms with E-state index < -0.39 is 0 Å². The number of hydrogen-bond acceptors (Lipinski definition) is 2. The fourth-order valence-corrected chi connectivity index (χ4v) is 4.31. The molecule has 1 unspecified atom stereocenters. The first-order chi connectivity index (χ1) is 11.3. The lowest BCUT2D eigenvalue weighted by atomic mass is 9.90. The lowest BCUT2D eigenvalue weighted by Crippen LogP contribution is -2.04. The summed E-state index contributed by atoms with van der Waals surface area (Å²) >= 11 is 1.90. The zero-order valence-electron chi connectivity index (χ0n) is 13.6. The molecule has 2 heteroatoms. The van der Waals surface area contributed by atoms with E-state index in [0.29, 0.717) is 5.25 Å². The van der Waals surface area contributed by atoms with Crippen LogP contribution in [0.4, 0.5) is 0 Å². The Morgan fingerprint density at radius 2 is 1.78 bits per heavy atom. The maximum atomic E-state index is 6.46. The minimum absolute atomic E-state index is 0.342. The Labute approximate surface area is 143 Å². The SMILES string of the molecule is C=CCSC(CC=C)c1oc(-c2ccccc2)c2c1CCCC2. The van der Waals surface area contributed by atoms with Crippen LogP contribution in [0.15, 0.2) is 60.1 Å². The smallest absolute Gasteiger partial charge is 0.137 e. The van der Waals surface area contributed by atoms with Crippen LogP contribution in [-0.4, -0.2) is 5.75 Å². The monoisotopic (exact) mass is 324 g/mol. The van der Waals surface area contributed by atoms with Crippen LogP contribution in [0.5, 0.6) is 0 Å². The Bertz CT molecular complexity index is 669. The standard InChI is InChI=1S/C21H24OS/c1-3-10-19(23-15-4-2)21-18-14-9-8-13-17(18)20(22-21)16-11-6-5-7-12-16/h3-7,11-12,19H,1-2,8-10,13-15H2. The molecule has 120 valence electrons. The largest absolute Gasteiger partial charge is 0.459 e. The Morgan fingerprint density at radius 1 is 1.04 bits per heavy atom. The van der Waals surface area contributed by atoms with Gasteiger partial charge in [0.15, 0.2) is 0 Å². The van der Waals surface area contributed by atoms with E-state index in [-0.39, 0.29) is 0 Å². The third-order valence-electron chi connectivity index (χ3n) is 4.38. The van der Waals surface area contributed by atoms with E-state index >= 15 is 0 Å². The number of allylic oxidation sites excluding steroid dienone is 1. The molecule has 0 radical (unpaired) electrons.